The number of aromatic nitrogens is 1. The van der Waals surface area contributed by atoms with Crippen LogP contribution in [-0.4, -0.2) is 28.4 Å². The maximum Gasteiger partial charge on any atom is 0.356 e. The van der Waals surface area contributed by atoms with Crippen LogP contribution in [0.3, 0.4) is 0 Å². The van der Waals surface area contributed by atoms with Gasteiger partial charge in [-0.05, 0) is 32.0 Å². The SMILES string of the molecule is CCOC(=O)c1[nH]c2ccc(C)cc2c1NC(=O)c1ccccc1[N+](=O)[O-]. The summed E-state index contributed by atoms with van der Waals surface area (Å²) < 4.78 is 5.05. The summed E-state index contributed by atoms with van der Waals surface area (Å²) in [4.78, 5) is 38.5. The summed E-state index contributed by atoms with van der Waals surface area (Å²) in [6.45, 7) is 3.73. The number of carbonyl (C=O) groups excluding carboxylic acids is 2. The Labute approximate surface area is 154 Å². The molecule has 27 heavy (non-hydrogen) atoms. The van der Waals surface area contributed by atoms with Crippen molar-refractivity contribution in [2.45, 2.75) is 13.8 Å². The molecule has 0 saturated carbocycles. The number of esters is 1. The Bertz CT molecular complexity index is 1050. The van der Waals surface area contributed by atoms with Crippen molar-refractivity contribution in [2.24, 2.45) is 0 Å². The Kier molecular flexibility index (Phi) is 4.89. The van der Waals surface area contributed by atoms with E-state index in [1.807, 2.05) is 19.1 Å². The zero-order valence-electron chi connectivity index (χ0n) is 14.7. The Hall–Kier alpha value is -3.68. The van der Waals surface area contributed by atoms with Gasteiger partial charge < -0.3 is 15.0 Å². The third kappa shape index (κ3) is 3.50. The van der Waals surface area contributed by atoms with Gasteiger partial charge in [-0.2, -0.15) is 0 Å². The van der Waals surface area contributed by atoms with E-state index < -0.39 is 16.8 Å². The molecule has 2 N–H and O–H groups in total. The molecule has 0 spiro atoms. The number of aryl methyl sites for hydroxylation is 1. The maximum atomic E-state index is 12.7. The molecule has 8 heteroatoms. The van der Waals surface area contributed by atoms with Crippen molar-refractivity contribution >= 4 is 34.2 Å². The average Bonchev–Trinajstić information content (AvgIpc) is 2.99. The van der Waals surface area contributed by atoms with Crippen LogP contribution in [-0.2, 0) is 4.74 Å². The lowest BCUT2D eigenvalue weighted by Crippen LogP contribution is -2.16. The minimum Gasteiger partial charge on any atom is -0.461 e. The molecule has 1 heterocycles. The Balaban J connectivity index is 2.09. The molecular formula is C19H17N3O5. The fourth-order valence-corrected chi connectivity index (χ4v) is 2.80. The lowest BCUT2D eigenvalue weighted by molar-refractivity contribution is -0.385. The van der Waals surface area contributed by atoms with E-state index in [0.717, 1.165) is 5.56 Å². The predicted molar refractivity (Wildman–Crippen MR) is 100 cm³/mol. The smallest absolute Gasteiger partial charge is 0.356 e. The largest absolute Gasteiger partial charge is 0.461 e. The second-order valence-corrected chi connectivity index (χ2v) is 5.87. The number of nitro groups is 1. The van der Waals surface area contributed by atoms with E-state index in [9.17, 15) is 19.7 Å². The molecule has 0 unspecified atom stereocenters. The molecule has 0 fully saturated rings. The van der Waals surface area contributed by atoms with Gasteiger partial charge in [-0.25, -0.2) is 4.79 Å². The molecule has 3 rings (SSSR count). The first kappa shape index (κ1) is 18.1. The van der Waals surface area contributed by atoms with Gasteiger partial charge in [0, 0.05) is 17.0 Å². The number of aromatic amines is 1. The lowest BCUT2D eigenvalue weighted by atomic mass is 10.1. The van der Waals surface area contributed by atoms with Crippen LogP contribution >= 0.6 is 0 Å². The number of hydrogen-bond donors (Lipinski definition) is 2. The first-order valence-corrected chi connectivity index (χ1v) is 8.26. The van der Waals surface area contributed by atoms with Crippen LogP contribution < -0.4 is 5.32 Å². The number of carbonyl (C=O) groups is 2. The molecule has 0 bridgehead atoms. The molecule has 0 aliphatic carbocycles. The fraction of sp³-hybridized carbons (Fsp3) is 0.158. The number of nitrogens with one attached hydrogen (secondary N) is 2. The van der Waals surface area contributed by atoms with Gasteiger partial charge in [0.05, 0.1) is 17.2 Å². The second-order valence-electron chi connectivity index (χ2n) is 5.87. The Morgan fingerprint density at radius 3 is 2.67 bits per heavy atom. The third-order valence-corrected chi connectivity index (χ3v) is 4.02. The summed E-state index contributed by atoms with van der Waals surface area (Å²) in [6, 6.07) is 11.1. The topological polar surface area (TPSA) is 114 Å². The number of H-pyrrole nitrogens is 1. The van der Waals surface area contributed by atoms with E-state index >= 15 is 0 Å². The molecule has 2 aromatic carbocycles. The highest BCUT2D eigenvalue weighted by molar-refractivity contribution is 6.15. The number of benzene rings is 2. The molecular weight excluding hydrogens is 350 g/mol. The summed E-state index contributed by atoms with van der Waals surface area (Å²) in [6.07, 6.45) is 0. The van der Waals surface area contributed by atoms with Crippen molar-refractivity contribution in [3.8, 4) is 0 Å². The number of nitro benzene ring substituents is 1. The highest BCUT2D eigenvalue weighted by atomic mass is 16.6. The molecule has 1 aromatic heterocycles. The monoisotopic (exact) mass is 367 g/mol. The van der Waals surface area contributed by atoms with Crippen LogP contribution in [0.25, 0.3) is 10.9 Å². The van der Waals surface area contributed by atoms with E-state index in [1.165, 1.54) is 24.3 Å². The van der Waals surface area contributed by atoms with Crippen molar-refractivity contribution < 1.29 is 19.2 Å². The number of anilines is 1. The van der Waals surface area contributed by atoms with Gasteiger partial charge >= 0.3 is 5.97 Å². The first-order valence-electron chi connectivity index (χ1n) is 8.26. The molecule has 0 radical (unpaired) electrons. The molecule has 138 valence electrons. The number of ether oxygens (including phenoxy) is 1. The number of para-hydroxylation sites is 1. The van der Waals surface area contributed by atoms with Gasteiger partial charge in [0.15, 0.2) is 0 Å². The maximum absolute atomic E-state index is 12.7. The predicted octanol–water partition coefficient (Wildman–Crippen LogP) is 3.81. The van der Waals surface area contributed by atoms with Gasteiger partial charge in [-0.3, -0.25) is 14.9 Å². The van der Waals surface area contributed by atoms with E-state index in [-0.39, 0.29) is 29.2 Å². The quantitative estimate of drug-likeness (QED) is 0.404. The van der Waals surface area contributed by atoms with E-state index in [0.29, 0.717) is 10.9 Å². The van der Waals surface area contributed by atoms with Crippen LogP contribution in [0.1, 0.15) is 33.3 Å². The minimum absolute atomic E-state index is 0.0874. The highest BCUT2D eigenvalue weighted by Crippen LogP contribution is 2.30. The molecule has 0 aliphatic rings. The summed E-state index contributed by atoms with van der Waals surface area (Å²) >= 11 is 0. The molecule has 3 aromatic rings. The number of fused-ring (bicyclic) bond motifs is 1. The van der Waals surface area contributed by atoms with Crippen LogP contribution in [0.5, 0.6) is 0 Å². The molecule has 0 saturated heterocycles. The number of amides is 1. The lowest BCUT2D eigenvalue weighted by Gasteiger charge is -2.08. The minimum atomic E-state index is -0.685. The van der Waals surface area contributed by atoms with Crippen LogP contribution in [0.2, 0.25) is 0 Å². The highest BCUT2D eigenvalue weighted by Gasteiger charge is 2.24. The Morgan fingerprint density at radius 2 is 1.96 bits per heavy atom. The van der Waals surface area contributed by atoms with Crippen molar-refractivity contribution in [3.63, 3.8) is 0 Å². The summed E-state index contributed by atoms with van der Waals surface area (Å²) in [5, 5.41) is 14.4. The van der Waals surface area contributed by atoms with E-state index in [1.54, 1.807) is 13.0 Å². The summed E-state index contributed by atoms with van der Waals surface area (Å²) in [7, 11) is 0. The van der Waals surface area contributed by atoms with Gasteiger partial charge in [-0.15, -0.1) is 0 Å². The summed E-state index contributed by atoms with van der Waals surface area (Å²) in [5.41, 5.74) is 1.47. The first-order chi connectivity index (χ1) is 12.9. The van der Waals surface area contributed by atoms with Gasteiger partial charge in [-0.1, -0.05) is 23.8 Å². The number of rotatable bonds is 5. The Morgan fingerprint density at radius 1 is 1.22 bits per heavy atom. The van der Waals surface area contributed by atoms with E-state index in [2.05, 4.69) is 10.3 Å². The van der Waals surface area contributed by atoms with Crippen LogP contribution in [0.4, 0.5) is 11.4 Å². The summed E-state index contributed by atoms with van der Waals surface area (Å²) in [5.74, 6) is -1.31. The molecule has 0 atom stereocenters. The zero-order valence-corrected chi connectivity index (χ0v) is 14.7. The second kappa shape index (κ2) is 7.28. The van der Waals surface area contributed by atoms with E-state index in [4.69, 9.17) is 4.74 Å². The van der Waals surface area contributed by atoms with Crippen molar-refractivity contribution in [3.05, 3.63) is 69.4 Å². The standard InChI is InChI=1S/C19H17N3O5/c1-3-27-19(24)17-16(13-10-11(2)8-9-14(13)20-17)21-18(23)12-6-4-5-7-15(12)22(25)26/h4-10,20H,3H2,1-2H3,(H,21,23). The van der Waals surface area contributed by atoms with Gasteiger partial charge in [0.25, 0.3) is 11.6 Å². The zero-order chi connectivity index (χ0) is 19.6. The van der Waals surface area contributed by atoms with Crippen molar-refractivity contribution in [1.29, 1.82) is 0 Å². The van der Waals surface area contributed by atoms with Gasteiger partial charge in [0.2, 0.25) is 0 Å². The fourth-order valence-electron chi connectivity index (χ4n) is 2.80. The van der Waals surface area contributed by atoms with Crippen LogP contribution in [0, 0.1) is 17.0 Å². The number of hydrogen-bond acceptors (Lipinski definition) is 5. The average molecular weight is 367 g/mol. The number of nitrogens with zero attached hydrogens (tertiary/aromatic N) is 1. The van der Waals surface area contributed by atoms with Crippen molar-refractivity contribution in [2.75, 3.05) is 11.9 Å². The van der Waals surface area contributed by atoms with Gasteiger partial charge in [0.1, 0.15) is 11.3 Å². The van der Waals surface area contributed by atoms with Crippen molar-refractivity contribution in [1.82, 2.24) is 4.98 Å². The molecule has 1 amide bonds. The molecule has 8 nitrogen and oxygen atoms in total. The third-order valence-electron chi connectivity index (χ3n) is 4.02. The normalized spacial score (nSPS) is 10.6. The van der Waals surface area contributed by atoms with Crippen LogP contribution in [0.15, 0.2) is 42.5 Å². The molecule has 0 aliphatic heterocycles.